The highest BCUT2D eigenvalue weighted by Gasteiger charge is 2.25. The lowest BCUT2D eigenvalue weighted by Gasteiger charge is -2.33. The first-order valence-corrected chi connectivity index (χ1v) is 6.07. The lowest BCUT2D eigenvalue weighted by Crippen LogP contribution is -2.39. The number of aryl methyl sites for hydroxylation is 1. The molecule has 1 atom stereocenters. The summed E-state index contributed by atoms with van der Waals surface area (Å²) in [6.45, 7) is 3.25. The molecule has 96 valence electrons. The molecule has 0 bridgehead atoms. The smallest absolute Gasteiger partial charge is 0.147 e. The fraction of sp³-hybridized carbons (Fsp3) is 0.545. The van der Waals surface area contributed by atoms with Crippen molar-refractivity contribution in [2.75, 3.05) is 13.1 Å². The zero-order valence-corrected chi connectivity index (χ0v) is 10.4. The van der Waals surface area contributed by atoms with Crippen LogP contribution in [0.15, 0.2) is 18.7 Å². The molecule has 7 heteroatoms. The van der Waals surface area contributed by atoms with E-state index in [-0.39, 0.29) is 6.04 Å². The maximum atomic E-state index is 5.92. The summed E-state index contributed by atoms with van der Waals surface area (Å²) in [6, 6.07) is 0.198. The predicted molar refractivity (Wildman–Crippen MR) is 65.4 cm³/mol. The van der Waals surface area contributed by atoms with Gasteiger partial charge in [-0.3, -0.25) is 9.58 Å². The second-order valence-electron chi connectivity index (χ2n) is 4.61. The fourth-order valence-corrected chi connectivity index (χ4v) is 2.46. The number of rotatable bonds is 3. The van der Waals surface area contributed by atoms with E-state index in [0.29, 0.717) is 6.54 Å². The summed E-state index contributed by atoms with van der Waals surface area (Å²) < 4.78 is 3.90. The van der Waals surface area contributed by atoms with Gasteiger partial charge in [0.2, 0.25) is 0 Å². The summed E-state index contributed by atoms with van der Waals surface area (Å²) in [4.78, 5) is 2.33. The zero-order chi connectivity index (χ0) is 12.5. The third-order valence-electron chi connectivity index (χ3n) is 3.44. The van der Waals surface area contributed by atoms with Gasteiger partial charge in [0.05, 0.1) is 18.8 Å². The van der Waals surface area contributed by atoms with Crippen molar-refractivity contribution < 1.29 is 0 Å². The van der Waals surface area contributed by atoms with Crippen LogP contribution in [0.4, 0.5) is 0 Å². The predicted octanol–water partition coefficient (Wildman–Crippen LogP) is -0.473. The Morgan fingerprint density at radius 2 is 2.33 bits per heavy atom. The Morgan fingerprint density at radius 3 is 3.06 bits per heavy atom. The third kappa shape index (κ3) is 1.91. The molecule has 0 radical (unpaired) electrons. The molecule has 0 saturated heterocycles. The number of fused-ring (bicyclic) bond motifs is 1. The number of aromatic nitrogens is 5. The molecular formula is C11H17N7. The highest BCUT2D eigenvalue weighted by molar-refractivity contribution is 5.12. The Balaban J connectivity index is 1.82. The minimum atomic E-state index is 0.198. The van der Waals surface area contributed by atoms with Crippen molar-refractivity contribution in [3.8, 4) is 0 Å². The van der Waals surface area contributed by atoms with Crippen LogP contribution < -0.4 is 5.73 Å². The Kier molecular flexibility index (Phi) is 2.85. The first kappa shape index (κ1) is 11.4. The highest BCUT2D eigenvalue weighted by atomic mass is 15.3. The summed E-state index contributed by atoms with van der Waals surface area (Å²) in [7, 11) is 1.92. The van der Waals surface area contributed by atoms with E-state index in [2.05, 4.69) is 24.8 Å². The molecule has 0 spiro atoms. The van der Waals surface area contributed by atoms with Gasteiger partial charge in [-0.2, -0.15) is 5.10 Å². The van der Waals surface area contributed by atoms with Crippen molar-refractivity contribution in [3.63, 3.8) is 0 Å². The lowest BCUT2D eigenvalue weighted by molar-refractivity contribution is 0.156. The maximum Gasteiger partial charge on any atom is 0.147 e. The summed E-state index contributed by atoms with van der Waals surface area (Å²) in [5.41, 5.74) is 7.08. The van der Waals surface area contributed by atoms with Crippen molar-refractivity contribution in [2.45, 2.75) is 19.1 Å². The largest absolute Gasteiger partial charge is 0.329 e. The van der Waals surface area contributed by atoms with Gasteiger partial charge in [-0.25, -0.2) is 0 Å². The van der Waals surface area contributed by atoms with Gasteiger partial charge in [-0.1, -0.05) is 0 Å². The van der Waals surface area contributed by atoms with Crippen LogP contribution in [0.2, 0.25) is 0 Å². The van der Waals surface area contributed by atoms with Gasteiger partial charge in [-0.05, 0) is 0 Å². The number of hydrogen-bond acceptors (Lipinski definition) is 5. The summed E-state index contributed by atoms with van der Waals surface area (Å²) in [5.74, 6) is 1.00. The second kappa shape index (κ2) is 4.51. The molecule has 0 fully saturated rings. The monoisotopic (exact) mass is 247 g/mol. The van der Waals surface area contributed by atoms with Crippen LogP contribution in [0.5, 0.6) is 0 Å². The van der Waals surface area contributed by atoms with Crippen LogP contribution in [-0.2, 0) is 20.1 Å². The van der Waals surface area contributed by atoms with Crippen molar-refractivity contribution in [1.29, 1.82) is 0 Å². The van der Waals surface area contributed by atoms with Crippen molar-refractivity contribution in [3.05, 3.63) is 30.1 Å². The highest BCUT2D eigenvalue weighted by Crippen LogP contribution is 2.23. The van der Waals surface area contributed by atoms with E-state index in [1.165, 1.54) is 0 Å². The molecule has 0 saturated carbocycles. The van der Waals surface area contributed by atoms with Gasteiger partial charge in [0.1, 0.15) is 12.2 Å². The number of nitrogens with zero attached hydrogens (tertiary/aromatic N) is 6. The summed E-state index contributed by atoms with van der Waals surface area (Å²) in [5, 5.41) is 12.3. The molecule has 1 aliphatic heterocycles. The molecular weight excluding hydrogens is 230 g/mol. The van der Waals surface area contributed by atoms with Gasteiger partial charge >= 0.3 is 0 Å². The molecule has 18 heavy (non-hydrogen) atoms. The van der Waals surface area contributed by atoms with E-state index in [0.717, 1.165) is 31.0 Å². The summed E-state index contributed by atoms with van der Waals surface area (Å²) >= 11 is 0. The van der Waals surface area contributed by atoms with Crippen molar-refractivity contribution in [1.82, 2.24) is 29.4 Å². The van der Waals surface area contributed by atoms with E-state index in [4.69, 9.17) is 5.73 Å². The SMILES string of the molecule is Cn1cc(C(CN)N2CCn3cnnc3C2)cn1. The lowest BCUT2D eigenvalue weighted by atomic mass is 10.1. The molecule has 2 aromatic rings. The van der Waals surface area contributed by atoms with Gasteiger partial charge in [0.15, 0.2) is 0 Å². The molecule has 0 aliphatic carbocycles. The molecule has 0 aromatic carbocycles. The Hall–Kier alpha value is -1.73. The molecule has 0 amide bonds. The maximum absolute atomic E-state index is 5.92. The molecule has 2 aromatic heterocycles. The van der Waals surface area contributed by atoms with Crippen LogP contribution in [0.25, 0.3) is 0 Å². The molecule has 7 nitrogen and oxygen atoms in total. The van der Waals surface area contributed by atoms with Crippen LogP contribution >= 0.6 is 0 Å². The number of nitrogens with two attached hydrogens (primary N) is 1. The molecule has 3 heterocycles. The van der Waals surface area contributed by atoms with Crippen LogP contribution in [0.1, 0.15) is 17.4 Å². The minimum absolute atomic E-state index is 0.198. The van der Waals surface area contributed by atoms with Crippen molar-refractivity contribution >= 4 is 0 Å². The standard InChI is InChI=1S/C11H17N7/c1-16-6-9(5-14-16)10(4-12)17-2-3-18-8-13-15-11(18)7-17/h5-6,8,10H,2-4,7,12H2,1H3. The van der Waals surface area contributed by atoms with E-state index < -0.39 is 0 Å². The van der Waals surface area contributed by atoms with E-state index >= 15 is 0 Å². The first-order chi connectivity index (χ1) is 8.78. The average Bonchev–Trinajstić information content (AvgIpc) is 2.99. The van der Waals surface area contributed by atoms with Crippen LogP contribution in [-0.4, -0.2) is 42.5 Å². The molecule has 2 N–H and O–H groups in total. The van der Waals surface area contributed by atoms with Gasteiger partial charge in [0, 0.05) is 38.4 Å². The van der Waals surface area contributed by atoms with Crippen LogP contribution in [0, 0.1) is 0 Å². The second-order valence-corrected chi connectivity index (χ2v) is 4.61. The molecule has 1 aliphatic rings. The zero-order valence-electron chi connectivity index (χ0n) is 10.4. The van der Waals surface area contributed by atoms with Gasteiger partial charge in [0.25, 0.3) is 0 Å². The minimum Gasteiger partial charge on any atom is -0.329 e. The third-order valence-corrected chi connectivity index (χ3v) is 3.44. The normalized spacial score (nSPS) is 17.7. The van der Waals surface area contributed by atoms with E-state index in [1.807, 2.05) is 24.1 Å². The Bertz CT molecular complexity index is 529. The van der Waals surface area contributed by atoms with Crippen LogP contribution in [0.3, 0.4) is 0 Å². The molecule has 1 unspecified atom stereocenters. The van der Waals surface area contributed by atoms with Gasteiger partial charge < -0.3 is 10.3 Å². The first-order valence-electron chi connectivity index (χ1n) is 6.07. The van der Waals surface area contributed by atoms with Gasteiger partial charge in [-0.15, -0.1) is 10.2 Å². The molecule has 3 rings (SSSR count). The van der Waals surface area contributed by atoms with Crippen molar-refractivity contribution in [2.24, 2.45) is 12.8 Å². The fourth-order valence-electron chi connectivity index (χ4n) is 2.46. The quantitative estimate of drug-likeness (QED) is 0.793. The summed E-state index contributed by atoms with van der Waals surface area (Å²) in [6.07, 6.45) is 5.70. The average molecular weight is 247 g/mol. The van der Waals surface area contributed by atoms with E-state index in [9.17, 15) is 0 Å². The Labute approximate surface area is 105 Å². The topological polar surface area (TPSA) is 77.8 Å². The van der Waals surface area contributed by atoms with E-state index in [1.54, 1.807) is 6.33 Å². The number of hydrogen-bond donors (Lipinski definition) is 1. The Morgan fingerprint density at radius 1 is 1.44 bits per heavy atom.